The number of rotatable bonds is 5. The van der Waals surface area contributed by atoms with Crippen LogP contribution in [0.5, 0.6) is 0 Å². The fourth-order valence-electron chi connectivity index (χ4n) is 2.36. The van der Waals surface area contributed by atoms with Crippen molar-refractivity contribution in [2.45, 2.75) is 46.2 Å². The molecule has 0 radical (unpaired) electrons. The van der Waals surface area contributed by atoms with Crippen molar-refractivity contribution in [3.05, 3.63) is 33.2 Å². The van der Waals surface area contributed by atoms with Crippen molar-refractivity contribution >= 4 is 0 Å². The first-order chi connectivity index (χ1) is 8.29. The molecule has 2 N–H and O–H groups in total. The zero-order valence-corrected chi connectivity index (χ0v) is 12.0. The van der Waals surface area contributed by atoms with Crippen molar-refractivity contribution in [2.75, 3.05) is 13.7 Å². The van der Waals surface area contributed by atoms with Crippen LogP contribution in [0.25, 0.3) is 0 Å². The molecule has 0 spiro atoms. The predicted octanol–water partition coefficient (Wildman–Crippen LogP) is 1.70. The van der Waals surface area contributed by atoms with Gasteiger partial charge in [0.25, 0.3) is 5.56 Å². The largest absolute Gasteiger partial charge is 0.385 e. The Bertz CT molecular complexity index is 470. The molecule has 0 aliphatic rings. The lowest BCUT2D eigenvalue weighted by molar-refractivity contribution is 0.189. The van der Waals surface area contributed by atoms with Gasteiger partial charge < -0.3 is 15.0 Å². The SMILES string of the molecule is COCCCn1c(C)cc(C)c(C(C)(C)N)c1=O. The van der Waals surface area contributed by atoms with Gasteiger partial charge in [0.05, 0.1) is 0 Å². The smallest absolute Gasteiger partial charge is 0.256 e. The number of aryl methyl sites for hydroxylation is 2. The van der Waals surface area contributed by atoms with Crippen LogP contribution >= 0.6 is 0 Å². The number of methoxy groups -OCH3 is 1. The predicted molar refractivity (Wildman–Crippen MR) is 73.9 cm³/mol. The van der Waals surface area contributed by atoms with Crippen LogP contribution in [0.2, 0.25) is 0 Å². The molecule has 0 aliphatic carbocycles. The highest BCUT2D eigenvalue weighted by Crippen LogP contribution is 2.18. The molecule has 1 aromatic rings. The normalized spacial score (nSPS) is 11.9. The molecule has 0 aromatic carbocycles. The molecule has 1 rings (SSSR count). The molecule has 0 amide bonds. The third-order valence-corrected chi connectivity index (χ3v) is 3.08. The van der Waals surface area contributed by atoms with E-state index < -0.39 is 5.54 Å². The van der Waals surface area contributed by atoms with Crippen LogP contribution in [-0.4, -0.2) is 18.3 Å². The fraction of sp³-hybridized carbons (Fsp3) is 0.643. The second kappa shape index (κ2) is 5.67. The molecule has 0 fully saturated rings. The Balaban J connectivity index is 3.24. The molecule has 1 aromatic heterocycles. The Labute approximate surface area is 109 Å². The van der Waals surface area contributed by atoms with E-state index in [-0.39, 0.29) is 5.56 Å². The molecule has 0 atom stereocenters. The standard InChI is InChI=1S/C14H24N2O2/c1-10-9-11(2)16(7-6-8-18-5)13(17)12(10)14(3,4)15/h9H,6-8,15H2,1-5H3. The van der Waals surface area contributed by atoms with Crippen LogP contribution < -0.4 is 11.3 Å². The number of hydrogen-bond donors (Lipinski definition) is 1. The summed E-state index contributed by atoms with van der Waals surface area (Å²) in [4.78, 5) is 12.5. The molecule has 102 valence electrons. The Morgan fingerprint density at radius 3 is 2.50 bits per heavy atom. The second-order valence-electron chi connectivity index (χ2n) is 5.37. The van der Waals surface area contributed by atoms with Gasteiger partial charge in [-0.1, -0.05) is 0 Å². The summed E-state index contributed by atoms with van der Waals surface area (Å²) in [5.74, 6) is 0. The van der Waals surface area contributed by atoms with Gasteiger partial charge in [-0.15, -0.1) is 0 Å². The summed E-state index contributed by atoms with van der Waals surface area (Å²) >= 11 is 0. The van der Waals surface area contributed by atoms with E-state index in [9.17, 15) is 4.79 Å². The summed E-state index contributed by atoms with van der Waals surface area (Å²) in [7, 11) is 1.67. The highest BCUT2D eigenvalue weighted by Gasteiger charge is 2.22. The van der Waals surface area contributed by atoms with Gasteiger partial charge in [0, 0.05) is 37.1 Å². The lowest BCUT2D eigenvalue weighted by Gasteiger charge is -2.23. The minimum atomic E-state index is -0.613. The van der Waals surface area contributed by atoms with Gasteiger partial charge in [0.15, 0.2) is 0 Å². The first kappa shape index (κ1) is 14.9. The van der Waals surface area contributed by atoms with Gasteiger partial charge >= 0.3 is 0 Å². The van der Waals surface area contributed by atoms with Crippen LogP contribution in [-0.2, 0) is 16.8 Å². The molecule has 0 bridgehead atoms. The number of nitrogens with zero attached hydrogens (tertiary/aromatic N) is 1. The minimum Gasteiger partial charge on any atom is -0.385 e. The van der Waals surface area contributed by atoms with Crippen molar-refractivity contribution in [2.24, 2.45) is 5.73 Å². The van der Waals surface area contributed by atoms with Gasteiger partial charge in [-0.25, -0.2) is 0 Å². The molecular formula is C14H24N2O2. The summed E-state index contributed by atoms with van der Waals surface area (Å²) < 4.78 is 6.81. The van der Waals surface area contributed by atoms with Crippen molar-refractivity contribution in [1.82, 2.24) is 4.57 Å². The van der Waals surface area contributed by atoms with Gasteiger partial charge in [-0.05, 0) is 45.7 Å². The molecule has 0 saturated heterocycles. The summed E-state index contributed by atoms with van der Waals surface area (Å²) in [6.07, 6.45) is 0.824. The highest BCUT2D eigenvalue weighted by molar-refractivity contribution is 5.31. The van der Waals surface area contributed by atoms with E-state index in [2.05, 4.69) is 0 Å². The van der Waals surface area contributed by atoms with Crippen molar-refractivity contribution in [1.29, 1.82) is 0 Å². The van der Waals surface area contributed by atoms with E-state index in [1.165, 1.54) is 0 Å². The van der Waals surface area contributed by atoms with E-state index in [0.29, 0.717) is 18.7 Å². The molecule has 0 unspecified atom stereocenters. The van der Waals surface area contributed by atoms with Crippen LogP contribution in [0.3, 0.4) is 0 Å². The third kappa shape index (κ3) is 3.21. The lowest BCUT2D eigenvalue weighted by atomic mass is 9.92. The topological polar surface area (TPSA) is 57.2 Å². The highest BCUT2D eigenvalue weighted by atomic mass is 16.5. The maximum atomic E-state index is 12.5. The Morgan fingerprint density at radius 2 is 2.00 bits per heavy atom. The lowest BCUT2D eigenvalue weighted by Crippen LogP contribution is -2.40. The van der Waals surface area contributed by atoms with E-state index in [1.807, 2.05) is 33.8 Å². The fourth-order valence-corrected chi connectivity index (χ4v) is 2.36. The average Bonchev–Trinajstić information content (AvgIpc) is 2.20. The van der Waals surface area contributed by atoms with Gasteiger partial charge in [-0.3, -0.25) is 4.79 Å². The Morgan fingerprint density at radius 1 is 1.39 bits per heavy atom. The second-order valence-corrected chi connectivity index (χ2v) is 5.37. The molecule has 18 heavy (non-hydrogen) atoms. The van der Waals surface area contributed by atoms with Gasteiger partial charge in [0.1, 0.15) is 0 Å². The van der Waals surface area contributed by atoms with Gasteiger partial charge in [-0.2, -0.15) is 0 Å². The quantitative estimate of drug-likeness (QED) is 0.811. The van der Waals surface area contributed by atoms with Crippen molar-refractivity contribution < 1.29 is 4.74 Å². The van der Waals surface area contributed by atoms with Crippen molar-refractivity contribution in [3.8, 4) is 0 Å². The average molecular weight is 252 g/mol. The molecule has 4 heteroatoms. The zero-order chi connectivity index (χ0) is 13.9. The molecule has 1 heterocycles. The number of ether oxygens (including phenoxy) is 1. The summed E-state index contributed by atoms with van der Waals surface area (Å²) in [6, 6.07) is 2.03. The number of pyridine rings is 1. The third-order valence-electron chi connectivity index (χ3n) is 3.08. The monoisotopic (exact) mass is 252 g/mol. The number of nitrogens with two attached hydrogens (primary N) is 1. The number of aromatic nitrogens is 1. The summed E-state index contributed by atoms with van der Waals surface area (Å²) in [5, 5.41) is 0. The van der Waals surface area contributed by atoms with E-state index in [4.69, 9.17) is 10.5 Å². The van der Waals surface area contributed by atoms with Crippen LogP contribution in [0.15, 0.2) is 10.9 Å². The van der Waals surface area contributed by atoms with E-state index in [0.717, 1.165) is 17.7 Å². The minimum absolute atomic E-state index is 0.0242. The van der Waals surface area contributed by atoms with Crippen LogP contribution in [0.1, 0.15) is 37.1 Å². The molecular weight excluding hydrogens is 228 g/mol. The first-order valence-corrected chi connectivity index (χ1v) is 6.28. The maximum Gasteiger partial charge on any atom is 0.256 e. The Hall–Kier alpha value is -1.13. The zero-order valence-electron chi connectivity index (χ0n) is 12.0. The van der Waals surface area contributed by atoms with Crippen molar-refractivity contribution in [3.63, 3.8) is 0 Å². The first-order valence-electron chi connectivity index (χ1n) is 6.28. The van der Waals surface area contributed by atoms with Gasteiger partial charge in [0.2, 0.25) is 0 Å². The van der Waals surface area contributed by atoms with E-state index >= 15 is 0 Å². The summed E-state index contributed by atoms with van der Waals surface area (Å²) in [5.41, 5.74) is 8.14. The molecule has 0 saturated carbocycles. The summed E-state index contributed by atoms with van der Waals surface area (Å²) in [6.45, 7) is 8.95. The van der Waals surface area contributed by atoms with E-state index in [1.54, 1.807) is 11.7 Å². The van der Waals surface area contributed by atoms with Crippen LogP contribution in [0.4, 0.5) is 0 Å². The Kier molecular flexibility index (Phi) is 4.71. The molecule has 0 aliphatic heterocycles. The van der Waals surface area contributed by atoms with Crippen LogP contribution in [0, 0.1) is 13.8 Å². The number of hydrogen-bond acceptors (Lipinski definition) is 3. The molecule has 4 nitrogen and oxygen atoms in total. The maximum absolute atomic E-state index is 12.5.